The van der Waals surface area contributed by atoms with Crippen molar-refractivity contribution in [1.29, 1.82) is 0 Å². The molecule has 1 N–H and O–H groups in total. The number of nitrogens with zero attached hydrogens (tertiary/aromatic N) is 1. The summed E-state index contributed by atoms with van der Waals surface area (Å²) in [5.74, 6) is 0.289. The van der Waals surface area contributed by atoms with Gasteiger partial charge >= 0.3 is 0 Å². The van der Waals surface area contributed by atoms with Crippen molar-refractivity contribution in [2.24, 2.45) is 5.92 Å². The Balaban J connectivity index is 3.10. The van der Waals surface area contributed by atoms with E-state index < -0.39 is 10.0 Å². The van der Waals surface area contributed by atoms with Gasteiger partial charge in [-0.2, -0.15) is 4.31 Å². The van der Waals surface area contributed by atoms with Crippen LogP contribution >= 0.6 is 11.3 Å². The Morgan fingerprint density at radius 2 is 1.95 bits per heavy atom. The Morgan fingerprint density at radius 3 is 2.42 bits per heavy atom. The zero-order valence-corrected chi connectivity index (χ0v) is 14.2. The molecule has 0 radical (unpaired) electrons. The largest absolute Gasteiger partial charge is 0.315 e. The van der Waals surface area contributed by atoms with Gasteiger partial charge < -0.3 is 5.32 Å². The monoisotopic (exact) mass is 304 g/mol. The molecule has 0 bridgehead atoms. The van der Waals surface area contributed by atoms with Crippen LogP contribution < -0.4 is 5.32 Å². The maximum atomic E-state index is 12.6. The molecule has 1 atom stereocenters. The first-order valence-electron chi connectivity index (χ1n) is 6.43. The molecule has 19 heavy (non-hydrogen) atoms. The number of hydrogen-bond acceptors (Lipinski definition) is 4. The van der Waals surface area contributed by atoms with Gasteiger partial charge in [-0.25, -0.2) is 8.42 Å². The fourth-order valence-corrected chi connectivity index (χ4v) is 5.01. The molecular weight excluding hydrogens is 280 g/mol. The van der Waals surface area contributed by atoms with Gasteiger partial charge in [0.2, 0.25) is 0 Å². The number of sulfonamides is 1. The maximum absolute atomic E-state index is 12.6. The van der Waals surface area contributed by atoms with Crippen LogP contribution in [-0.2, 0) is 16.6 Å². The molecule has 0 spiro atoms. The van der Waals surface area contributed by atoms with Crippen LogP contribution in [0.5, 0.6) is 0 Å². The standard InChI is InChI=1S/C13H24N2O2S2/c1-9(2)11(4)15(6)19(16,17)13-7-10(3)12(18-13)8-14-5/h7,9,11,14H,8H2,1-6H3. The molecule has 1 aromatic rings. The van der Waals surface area contributed by atoms with Gasteiger partial charge in [0.25, 0.3) is 10.0 Å². The van der Waals surface area contributed by atoms with Crippen LogP contribution in [0.4, 0.5) is 0 Å². The van der Waals surface area contributed by atoms with Gasteiger partial charge in [-0.15, -0.1) is 11.3 Å². The van der Waals surface area contributed by atoms with Crippen LogP contribution in [0, 0.1) is 12.8 Å². The highest BCUT2D eigenvalue weighted by Crippen LogP contribution is 2.29. The summed E-state index contributed by atoms with van der Waals surface area (Å²) in [5.41, 5.74) is 1.03. The maximum Gasteiger partial charge on any atom is 0.252 e. The van der Waals surface area contributed by atoms with Crippen LogP contribution in [0.25, 0.3) is 0 Å². The molecule has 0 aliphatic carbocycles. The second-order valence-corrected chi connectivity index (χ2v) is 8.57. The molecule has 1 aromatic heterocycles. The van der Waals surface area contributed by atoms with Crippen LogP contribution in [-0.4, -0.2) is 32.9 Å². The minimum atomic E-state index is -3.38. The van der Waals surface area contributed by atoms with Gasteiger partial charge in [0, 0.05) is 24.5 Å². The average molecular weight is 304 g/mol. The highest BCUT2D eigenvalue weighted by atomic mass is 32.2. The van der Waals surface area contributed by atoms with Crippen molar-refractivity contribution < 1.29 is 8.42 Å². The van der Waals surface area contributed by atoms with Crippen LogP contribution in [0.1, 0.15) is 31.2 Å². The smallest absolute Gasteiger partial charge is 0.252 e. The van der Waals surface area contributed by atoms with E-state index in [1.165, 1.54) is 15.6 Å². The third-order valence-corrected chi connectivity index (χ3v) is 7.14. The Morgan fingerprint density at radius 1 is 1.37 bits per heavy atom. The first-order valence-corrected chi connectivity index (χ1v) is 8.69. The molecule has 0 aliphatic rings. The van der Waals surface area contributed by atoms with E-state index >= 15 is 0 Å². The summed E-state index contributed by atoms with van der Waals surface area (Å²) in [4.78, 5) is 1.08. The summed E-state index contributed by atoms with van der Waals surface area (Å²) in [5, 5.41) is 3.06. The number of thiophene rings is 1. The van der Waals surface area contributed by atoms with Crippen molar-refractivity contribution >= 4 is 21.4 Å². The quantitative estimate of drug-likeness (QED) is 0.878. The molecule has 0 fully saturated rings. The molecule has 0 saturated carbocycles. The predicted molar refractivity (Wildman–Crippen MR) is 81.1 cm³/mol. The molecule has 1 unspecified atom stereocenters. The number of aryl methyl sites for hydroxylation is 1. The lowest BCUT2D eigenvalue weighted by atomic mass is 10.1. The predicted octanol–water partition coefficient (Wildman–Crippen LogP) is 2.44. The van der Waals surface area contributed by atoms with Crippen molar-refractivity contribution in [2.75, 3.05) is 14.1 Å². The zero-order valence-electron chi connectivity index (χ0n) is 12.5. The highest BCUT2D eigenvalue weighted by Gasteiger charge is 2.28. The van der Waals surface area contributed by atoms with E-state index in [9.17, 15) is 8.42 Å². The minimum absolute atomic E-state index is 0.0137. The van der Waals surface area contributed by atoms with E-state index in [-0.39, 0.29) is 12.0 Å². The lowest BCUT2D eigenvalue weighted by Crippen LogP contribution is -2.37. The third-order valence-electron chi connectivity index (χ3n) is 3.51. The molecule has 1 rings (SSSR count). The average Bonchev–Trinajstić information content (AvgIpc) is 2.70. The Hall–Kier alpha value is -0.430. The van der Waals surface area contributed by atoms with E-state index in [1.807, 2.05) is 34.7 Å². The SMILES string of the molecule is CNCc1sc(S(=O)(=O)N(C)C(C)C(C)C)cc1C. The van der Waals surface area contributed by atoms with Gasteiger partial charge in [-0.1, -0.05) is 13.8 Å². The minimum Gasteiger partial charge on any atom is -0.315 e. The van der Waals surface area contributed by atoms with E-state index in [0.29, 0.717) is 10.8 Å². The summed E-state index contributed by atoms with van der Waals surface area (Å²) in [6, 6.07) is 1.76. The second-order valence-electron chi connectivity index (χ2n) is 5.21. The van der Waals surface area contributed by atoms with Gasteiger partial charge in [-0.3, -0.25) is 0 Å². The van der Waals surface area contributed by atoms with Gasteiger partial charge in [0.05, 0.1) is 0 Å². The molecule has 0 aromatic carbocycles. The molecule has 0 amide bonds. The van der Waals surface area contributed by atoms with Crippen molar-refractivity contribution in [1.82, 2.24) is 9.62 Å². The van der Waals surface area contributed by atoms with Gasteiger partial charge in [0.15, 0.2) is 0 Å². The van der Waals surface area contributed by atoms with Gasteiger partial charge in [-0.05, 0) is 38.4 Å². The van der Waals surface area contributed by atoms with Crippen molar-refractivity contribution in [3.8, 4) is 0 Å². The fraction of sp³-hybridized carbons (Fsp3) is 0.692. The Kier molecular flexibility index (Phi) is 5.55. The summed E-state index contributed by atoms with van der Waals surface area (Å²) in [6.07, 6.45) is 0. The van der Waals surface area contributed by atoms with Crippen molar-refractivity contribution in [3.05, 3.63) is 16.5 Å². The Bertz CT molecular complexity index is 521. The Labute approximate surface area is 120 Å². The molecular formula is C13H24N2O2S2. The first kappa shape index (κ1) is 16.6. The van der Waals surface area contributed by atoms with E-state index in [1.54, 1.807) is 13.1 Å². The first-order chi connectivity index (χ1) is 8.71. The van der Waals surface area contributed by atoms with Crippen molar-refractivity contribution in [3.63, 3.8) is 0 Å². The molecule has 0 saturated heterocycles. The molecule has 6 heteroatoms. The lowest BCUT2D eigenvalue weighted by molar-refractivity contribution is 0.316. The van der Waals surface area contributed by atoms with Crippen LogP contribution in [0.2, 0.25) is 0 Å². The number of rotatable bonds is 6. The van der Waals surface area contributed by atoms with E-state index in [0.717, 1.165) is 10.4 Å². The summed E-state index contributed by atoms with van der Waals surface area (Å²) in [7, 11) is 0.142. The topological polar surface area (TPSA) is 49.4 Å². The summed E-state index contributed by atoms with van der Waals surface area (Å²) in [6.45, 7) is 8.66. The lowest BCUT2D eigenvalue weighted by Gasteiger charge is -2.26. The van der Waals surface area contributed by atoms with Crippen LogP contribution in [0.15, 0.2) is 10.3 Å². The third kappa shape index (κ3) is 3.56. The molecule has 110 valence electrons. The molecule has 0 aliphatic heterocycles. The zero-order chi connectivity index (χ0) is 14.8. The van der Waals surface area contributed by atoms with Gasteiger partial charge in [0.1, 0.15) is 4.21 Å². The number of hydrogen-bond donors (Lipinski definition) is 1. The van der Waals surface area contributed by atoms with Crippen molar-refractivity contribution in [2.45, 2.75) is 44.5 Å². The molecule has 1 heterocycles. The van der Waals surface area contributed by atoms with Crippen LogP contribution in [0.3, 0.4) is 0 Å². The summed E-state index contributed by atoms with van der Waals surface area (Å²) >= 11 is 1.36. The van der Waals surface area contributed by atoms with E-state index in [2.05, 4.69) is 5.32 Å². The molecule has 4 nitrogen and oxygen atoms in total. The second kappa shape index (κ2) is 6.35. The normalized spacial score (nSPS) is 14.3. The highest BCUT2D eigenvalue weighted by molar-refractivity contribution is 7.91. The summed E-state index contributed by atoms with van der Waals surface area (Å²) < 4.78 is 27.0. The number of nitrogens with one attached hydrogen (secondary N) is 1. The van der Waals surface area contributed by atoms with E-state index in [4.69, 9.17) is 0 Å². The fourth-order valence-electron chi connectivity index (χ4n) is 1.73.